The number of rotatable bonds is 5. The molecular weight excluding hydrogens is 312 g/mol. The van der Waals surface area contributed by atoms with E-state index in [-0.39, 0.29) is 11.8 Å². The van der Waals surface area contributed by atoms with E-state index in [2.05, 4.69) is 20.8 Å². The molecule has 1 heterocycles. The zero-order chi connectivity index (χ0) is 14.0. The van der Waals surface area contributed by atoms with Crippen LogP contribution in [0, 0.1) is 0 Å². The topological polar surface area (TPSA) is 53.0 Å². The fourth-order valence-corrected chi connectivity index (χ4v) is 2.60. The molecule has 5 nitrogen and oxygen atoms in total. The molecule has 0 saturated carbocycles. The number of likely N-dealkylation sites (tertiary alicyclic amines) is 1. The normalized spacial score (nSPS) is 15.9. The quantitative estimate of drug-likeness (QED) is 0.831. The summed E-state index contributed by atoms with van der Waals surface area (Å²) in [4.78, 5) is 14.5. The van der Waals surface area contributed by atoms with Crippen LogP contribution in [-0.2, 0) is 11.3 Å². The van der Waals surface area contributed by atoms with Gasteiger partial charge in [-0.25, -0.2) is 0 Å². The maximum Gasteiger partial charge on any atom is 0.209 e. The molecule has 6 heteroatoms. The van der Waals surface area contributed by atoms with E-state index < -0.39 is 0 Å². The predicted molar refractivity (Wildman–Crippen MR) is 75.3 cm³/mol. The number of carbonyl (C=O) groups excluding carboxylic acids is 1. The maximum atomic E-state index is 10.6. The molecule has 1 amide bonds. The van der Waals surface area contributed by atoms with Gasteiger partial charge in [0.15, 0.2) is 0 Å². The molecule has 1 fully saturated rings. The highest BCUT2D eigenvalue weighted by Gasteiger charge is 2.30. The first kappa shape index (κ1) is 14.1. The van der Waals surface area contributed by atoms with Gasteiger partial charge in [0.2, 0.25) is 6.41 Å². The predicted octanol–water partition coefficient (Wildman–Crippen LogP) is 1.44. The molecule has 0 aliphatic carbocycles. The molecule has 1 aliphatic rings. The molecule has 0 bridgehead atoms. The Hall–Kier alpha value is -1.27. The third-order valence-corrected chi connectivity index (χ3v) is 3.89. The van der Waals surface area contributed by atoms with Gasteiger partial charge in [-0.15, -0.1) is 0 Å². The van der Waals surface area contributed by atoms with Crippen LogP contribution in [0.2, 0.25) is 0 Å². The molecule has 0 aromatic heterocycles. The van der Waals surface area contributed by atoms with Crippen molar-refractivity contribution in [1.29, 1.82) is 0 Å². The molecule has 1 aliphatic heterocycles. The summed E-state index contributed by atoms with van der Waals surface area (Å²) >= 11 is 3.32. The van der Waals surface area contributed by atoms with Gasteiger partial charge in [-0.05, 0) is 12.1 Å². The SMILES string of the molecule is COc1cc(Br)cc(O)c1CN1CC(N(C)C=O)C1. The summed E-state index contributed by atoms with van der Waals surface area (Å²) in [6.45, 7) is 2.24. The molecule has 1 N–H and O–H groups in total. The van der Waals surface area contributed by atoms with Gasteiger partial charge < -0.3 is 14.7 Å². The number of hydrogen-bond acceptors (Lipinski definition) is 4. The first-order valence-corrected chi connectivity index (χ1v) is 6.79. The van der Waals surface area contributed by atoms with E-state index in [9.17, 15) is 9.90 Å². The fourth-order valence-electron chi connectivity index (χ4n) is 2.18. The van der Waals surface area contributed by atoms with Crippen molar-refractivity contribution in [3.63, 3.8) is 0 Å². The van der Waals surface area contributed by atoms with Crippen LogP contribution in [0.1, 0.15) is 5.56 Å². The summed E-state index contributed by atoms with van der Waals surface area (Å²) < 4.78 is 6.07. The number of phenolic OH excluding ortho intramolecular Hbond substituents is 1. The van der Waals surface area contributed by atoms with Crippen LogP contribution in [0.15, 0.2) is 16.6 Å². The number of hydrogen-bond donors (Lipinski definition) is 1. The smallest absolute Gasteiger partial charge is 0.209 e. The number of benzene rings is 1. The third kappa shape index (κ3) is 3.01. The molecule has 0 atom stereocenters. The number of likely N-dealkylation sites (N-methyl/N-ethyl adjacent to an activating group) is 1. The number of amides is 1. The number of carbonyl (C=O) groups is 1. The van der Waals surface area contributed by atoms with Crippen molar-refractivity contribution in [2.24, 2.45) is 0 Å². The Morgan fingerprint density at radius 3 is 2.84 bits per heavy atom. The van der Waals surface area contributed by atoms with Gasteiger partial charge in [0.1, 0.15) is 11.5 Å². The van der Waals surface area contributed by atoms with Crippen LogP contribution in [0.5, 0.6) is 11.5 Å². The van der Waals surface area contributed by atoms with E-state index in [1.165, 1.54) is 0 Å². The van der Waals surface area contributed by atoms with Crippen LogP contribution in [-0.4, -0.2) is 54.6 Å². The lowest BCUT2D eigenvalue weighted by Gasteiger charge is -2.42. The number of methoxy groups -OCH3 is 1. The largest absolute Gasteiger partial charge is 0.507 e. The van der Waals surface area contributed by atoms with Gasteiger partial charge in [0, 0.05) is 36.7 Å². The molecule has 0 radical (unpaired) electrons. The fraction of sp³-hybridized carbons (Fsp3) is 0.462. The number of ether oxygens (including phenoxy) is 1. The molecule has 0 spiro atoms. The van der Waals surface area contributed by atoms with E-state index in [4.69, 9.17) is 4.74 Å². The van der Waals surface area contributed by atoms with Crippen molar-refractivity contribution in [1.82, 2.24) is 9.80 Å². The Kier molecular flexibility index (Phi) is 4.31. The maximum absolute atomic E-state index is 10.6. The molecule has 104 valence electrons. The highest BCUT2D eigenvalue weighted by Crippen LogP contribution is 2.34. The number of halogens is 1. The van der Waals surface area contributed by atoms with Gasteiger partial charge in [0.05, 0.1) is 13.2 Å². The molecule has 1 aromatic carbocycles. The molecule has 19 heavy (non-hydrogen) atoms. The Morgan fingerprint density at radius 1 is 1.58 bits per heavy atom. The summed E-state index contributed by atoms with van der Waals surface area (Å²) in [5.74, 6) is 0.887. The molecular formula is C13H17BrN2O3. The van der Waals surface area contributed by atoms with Gasteiger partial charge in [-0.1, -0.05) is 15.9 Å². The summed E-state index contributed by atoms with van der Waals surface area (Å²) in [5.41, 5.74) is 0.776. The van der Waals surface area contributed by atoms with Crippen molar-refractivity contribution >= 4 is 22.3 Å². The van der Waals surface area contributed by atoms with Crippen molar-refractivity contribution in [2.45, 2.75) is 12.6 Å². The standard InChI is InChI=1S/C13H17BrN2O3/c1-15(8-17)10-5-16(6-10)7-11-12(18)3-9(14)4-13(11)19-2/h3-4,8,10,18H,5-7H2,1-2H3. The highest BCUT2D eigenvalue weighted by atomic mass is 79.9. The summed E-state index contributed by atoms with van der Waals surface area (Å²) in [6, 6.07) is 3.76. The lowest BCUT2D eigenvalue weighted by atomic mass is 10.1. The van der Waals surface area contributed by atoms with Crippen LogP contribution in [0.4, 0.5) is 0 Å². The monoisotopic (exact) mass is 328 g/mol. The van der Waals surface area contributed by atoms with Gasteiger partial charge >= 0.3 is 0 Å². The Morgan fingerprint density at radius 2 is 2.26 bits per heavy atom. The molecule has 0 unspecified atom stereocenters. The average Bonchev–Trinajstić information content (AvgIpc) is 2.33. The van der Waals surface area contributed by atoms with E-state index in [0.717, 1.165) is 29.5 Å². The van der Waals surface area contributed by atoms with E-state index in [0.29, 0.717) is 12.3 Å². The second kappa shape index (κ2) is 5.79. The van der Waals surface area contributed by atoms with Crippen LogP contribution < -0.4 is 4.74 Å². The lowest BCUT2D eigenvalue weighted by molar-refractivity contribution is -0.122. The first-order chi connectivity index (χ1) is 9.05. The van der Waals surface area contributed by atoms with Gasteiger partial charge in [-0.3, -0.25) is 9.69 Å². The summed E-state index contributed by atoms with van der Waals surface area (Å²) in [6.07, 6.45) is 0.847. The number of phenols is 1. The molecule has 1 saturated heterocycles. The second-order valence-electron chi connectivity index (χ2n) is 4.72. The van der Waals surface area contributed by atoms with Crippen LogP contribution >= 0.6 is 15.9 Å². The number of nitrogens with zero attached hydrogens (tertiary/aromatic N) is 2. The first-order valence-electron chi connectivity index (χ1n) is 6.00. The van der Waals surface area contributed by atoms with E-state index >= 15 is 0 Å². The minimum Gasteiger partial charge on any atom is -0.507 e. The van der Waals surface area contributed by atoms with E-state index in [1.807, 2.05) is 6.07 Å². The Labute approximate surface area is 120 Å². The minimum atomic E-state index is 0.221. The summed E-state index contributed by atoms with van der Waals surface area (Å²) in [5, 5.41) is 9.99. The zero-order valence-electron chi connectivity index (χ0n) is 11.0. The average molecular weight is 329 g/mol. The summed E-state index contributed by atoms with van der Waals surface area (Å²) in [7, 11) is 3.37. The van der Waals surface area contributed by atoms with Crippen molar-refractivity contribution in [2.75, 3.05) is 27.2 Å². The van der Waals surface area contributed by atoms with Gasteiger partial charge in [-0.2, -0.15) is 0 Å². The zero-order valence-corrected chi connectivity index (χ0v) is 12.6. The number of aromatic hydroxyl groups is 1. The van der Waals surface area contributed by atoms with Crippen molar-refractivity contribution in [3.8, 4) is 11.5 Å². The van der Waals surface area contributed by atoms with Crippen LogP contribution in [0.3, 0.4) is 0 Å². The van der Waals surface area contributed by atoms with Crippen molar-refractivity contribution < 1.29 is 14.6 Å². The Bertz CT molecular complexity index is 475. The van der Waals surface area contributed by atoms with E-state index in [1.54, 1.807) is 25.1 Å². The second-order valence-corrected chi connectivity index (χ2v) is 5.64. The molecule has 1 aromatic rings. The molecule has 2 rings (SSSR count). The highest BCUT2D eigenvalue weighted by molar-refractivity contribution is 9.10. The Balaban J connectivity index is 2.03. The van der Waals surface area contributed by atoms with Crippen molar-refractivity contribution in [3.05, 3.63) is 22.2 Å². The minimum absolute atomic E-state index is 0.221. The third-order valence-electron chi connectivity index (χ3n) is 3.43. The van der Waals surface area contributed by atoms with Crippen LogP contribution in [0.25, 0.3) is 0 Å². The van der Waals surface area contributed by atoms with Gasteiger partial charge in [0.25, 0.3) is 0 Å². The lowest BCUT2D eigenvalue weighted by Crippen LogP contribution is -2.57.